The number of nitrogens with zero attached hydrogens (tertiary/aromatic N) is 2. The first-order valence-corrected chi connectivity index (χ1v) is 7.52. The Kier molecular flexibility index (Phi) is 4.27. The molecule has 0 aromatic rings. The number of halogens is 1. The molecule has 1 aliphatic rings. The van der Waals surface area contributed by atoms with Gasteiger partial charge in [0.2, 0.25) is 10.0 Å². The molecule has 1 rings (SSSR count). The predicted molar refractivity (Wildman–Crippen MR) is 67.4 cm³/mol. The number of alkyl halides is 1. The Morgan fingerprint density at radius 3 is 2.38 bits per heavy atom. The summed E-state index contributed by atoms with van der Waals surface area (Å²) >= 11 is 5.64. The molecule has 1 fully saturated rings. The third kappa shape index (κ3) is 2.70. The van der Waals surface area contributed by atoms with Gasteiger partial charge in [-0.25, -0.2) is 8.42 Å². The highest BCUT2D eigenvalue weighted by atomic mass is 35.5. The third-order valence-electron chi connectivity index (χ3n) is 3.37. The van der Waals surface area contributed by atoms with Gasteiger partial charge in [0.05, 0.1) is 5.25 Å². The molecule has 1 saturated heterocycles. The summed E-state index contributed by atoms with van der Waals surface area (Å²) in [7, 11) is -1.21. The standard InChI is InChI=1S/C10H21ClN2O2S/c1-9(7-11)16(14,15)13-6-5-12(4)10(2,3)8-13/h9H,5-8H2,1-4H3. The first kappa shape index (κ1) is 14.2. The van der Waals surface area contributed by atoms with Crippen molar-refractivity contribution in [1.29, 1.82) is 0 Å². The van der Waals surface area contributed by atoms with E-state index >= 15 is 0 Å². The normalized spacial score (nSPS) is 25.6. The maximum atomic E-state index is 12.1. The van der Waals surface area contributed by atoms with Gasteiger partial charge >= 0.3 is 0 Å². The smallest absolute Gasteiger partial charge is 0.217 e. The number of hydrogen-bond acceptors (Lipinski definition) is 3. The SMILES string of the molecule is CC(CCl)S(=O)(=O)N1CCN(C)C(C)(C)C1. The average molecular weight is 269 g/mol. The molecule has 1 atom stereocenters. The largest absolute Gasteiger partial charge is 0.299 e. The Hall–Kier alpha value is 0.160. The van der Waals surface area contributed by atoms with Crippen molar-refractivity contribution in [2.45, 2.75) is 31.6 Å². The topological polar surface area (TPSA) is 40.6 Å². The summed E-state index contributed by atoms with van der Waals surface area (Å²) < 4.78 is 25.8. The lowest BCUT2D eigenvalue weighted by Gasteiger charge is -2.45. The molecule has 0 radical (unpaired) electrons. The van der Waals surface area contributed by atoms with Crippen molar-refractivity contribution in [2.24, 2.45) is 0 Å². The second-order valence-electron chi connectivity index (χ2n) is 5.08. The van der Waals surface area contributed by atoms with Crippen LogP contribution in [-0.4, -0.2) is 61.0 Å². The molecule has 0 N–H and O–H groups in total. The summed E-state index contributed by atoms with van der Waals surface area (Å²) in [6, 6.07) is 0. The van der Waals surface area contributed by atoms with E-state index in [1.165, 1.54) is 0 Å². The minimum absolute atomic E-state index is 0.114. The molecule has 0 aromatic heterocycles. The van der Waals surface area contributed by atoms with Gasteiger partial charge in [-0.15, -0.1) is 11.6 Å². The van der Waals surface area contributed by atoms with Gasteiger partial charge in [0.25, 0.3) is 0 Å². The highest BCUT2D eigenvalue weighted by Crippen LogP contribution is 2.23. The third-order valence-corrected chi connectivity index (χ3v) is 6.23. The van der Waals surface area contributed by atoms with E-state index in [0.717, 1.165) is 6.54 Å². The Balaban J connectivity index is 2.85. The van der Waals surface area contributed by atoms with Crippen molar-refractivity contribution in [1.82, 2.24) is 9.21 Å². The van der Waals surface area contributed by atoms with E-state index in [1.807, 2.05) is 7.05 Å². The molecule has 0 aromatic carbocycles. The van der Waals surface area contributed by atoms with Crippen LogP contribution in [0.25, 0.3) is 0 Å². The fourth-order valence-electron chi connectivity index (χ4n) is 1.75. The molecule has 0 spiro atoms. The second kappa shape index (κ2) is 4.80. The number of piperazine rings is 1. The van der Waals surface area contributed by atoms with Crippen LogP contribution in [0.2, 0.25) is 0 Å². The number of hydrogen-bond donors (Lipinski definition) is 0. The number of sulfonamides is 1. The summed E-state index contributed by atoms with van der Waals surface area (Å²) in [5.41, 5.74) is -0.114. The Labute approximate surface area is 104 Å². The van der Waals surface area contributed by atoms with Crippen LogP contribution < -0.4 is 0 Å². The molecule has 0 amide bonds. The van der Waals surface area contributed by atoms with Gasteiger partial charge in [-0.05, 0) is 27.8 Å². The van der Waals surface area contributed by atoms with E-state index in [9.17, 15) is 8.42 Å². The van der Waals surface area contributed by atoms with Crippen LogP contribution in [0.4, 0.5) is 0 Å². The number of likely N-dealkylation sites (N-methyl/N-ethyl adjacent to an activating group) is 1. The molecule has 0 bridgehead atoms. The van der Waals surface area contributed by atoms with Gasteiger partial charge in [0, 0.05) is 31.1 Å². The van der Waals surface area contributed by atoms with Crippen molar-refractivity contribution in [3.05, 3.63) is 0 Å². The van der Waals surface area contributed by atoms with Crippen LogP contribution >= 0.6 is 11.6 Å². The monoisotopic (exact) mass is 268 g/mol. The van der Waals surface area contributed by atoms with E-state index in [0.29, 0.717) is 13.1 Å². The molecule has 1 heterocycles. The number of rotatable bonds is 3. The first-order chi connectivity index (χ1) is 7.21. The van der Waals surface area contributed by atoms with Crippen molar-refractivity contribution in [3.8, 4) is 0 Å². The van der Waals surface area contributed by atoms with E-state index in [4.69, 9.17) is 11.6 Å². The van der Waals surface area contributed by atoms with E-state index in [2.05, 4.69) is 18.7 Å². The second-order valence-corrected chi connectivity index (χ2v) is 7.74. The maximum Gasteiger partial charge on any atom is 0.217 e. The summed E-state index contributed by atoms with van der Waals surface area (Å²) in [5, 5.41) is -0.506. The maximum absolute atomic E-state index is 12.1. The van der Waals surface area contributed by atoms with Crippen LogP contribution in [0.1, 0.15) is 20.8 Å². The summed E-state index contributed by atoms with van der Waals surface area (Å²) in [4.78, 5) is 2.18. The molecular weight excluding hydrogens is 248 g/mol. The lowest BCUT2D eigenvalue weighted by atomic mass is 10.0. The van der Waals surface area contributed by atoms with Gasteiger partial charge in [0.1, 0.15) is 0 Å². The molecular formula is C10H21ClN2O2S. The quantitative estimate of drug-likeness (QED) is 0.716. The fourth-order valence-corrected chi connectivity index (χ4v) is 3.72. The molecule has 0 saturated carbocycles. The van der Waals surface area contributed by atoms with Gasteiger partial charge in [-0.2, -0.15) is 4.31 Å². The van der Waals surface area contributed by atoms with Gasteiger partial charge < -0.3 is 0 Å². The molecule has 0 aliphatic carbocycles. The summed E-state index contributed by atoms with van der Waals surface area (Å²) in [5.74, 6) is 0.148. The van der Waals surface area contributed by atoms with Crippen molar-refractivity contribution >= 4 is 21.6 Å². The zero-order valence-corrected chi connectivity index (χ0v) is 12.0. The molecule has 1 aliphatic heterocycles. The van der Waals surface area contributed by atoms with Crippen LogP contribution in [0.5, 0.6) is 0 Å². The molecule has 6 heteroatoms. The van der Waals surface area contributed by atoms with Gasteiger partial charge in [0.15, 0.2) is 0 Å². The van der Waals surface area contributed by atoms with Crippen molar-refractivity contribution < 1.29 is 8.42 Å². The molecule has 1 unspecified atom stereocenters. The first-order valence-electron chi connectivity index (χ1n) is 5.48. The van der Waals surface area contributed by atoms with E-state index in [-0.39, 0.29) is 11.4 Å². The minimum Gasteiger partial charge on any atom is -0.299 e. The molecule has 16 heavy (non-hydrogen) atoms. The zero-order valence-electron chi connectivity index (χ0n) is 10.4. The highest BCUT2D eigenvalue weighted by molar-refractivity contribution is 7.89. The summed E-state index contributed by atoms with van der Waals surface area (Å²) in [6.07, 6.45) is 0. The molecule has 96 valence electrons. The average Bonchev–Trinajstić information content (AvgIpc) is 2.20. The van der Waals surface area contributed by atoms with Crippen LogP contribution in [0.15, 0.2) is 0 Å². The van der Waals surface area contributed by atoms with Crippen LogP contribution in [0.3, 0.4) is 0 Å². The lowest BCUT2D eigenvalue weighted by Crippen LogP contribution is -2.59. The van der Waals surface area contributed by atoms with Crippen molar-refractivity contribution in [2.75, 3.05) is 32.6 Å². The van der Waals surface area contributed by atoms with Crippen LogP contribution in [0, 0.1) is 0 Å². The van der Waals surface area contributed by atoms with Gasteiger partial charge in [-0.3, -0.25) is 4.90 Å². The molecule has 4 nitrogen and oxygen atoms in total. The Morgan fingerprint density at radius 1 is 1.38 bits per heavy atom. The highest BCUT2D eigenvalue weighted by Gasteiger charge is 2.38. The van der Waals surface area contributed by atoms with E-state index < -0.39 is 15.3 Å². The Morgan fingerprint density at radius 2 is 1.94 bits per heavy atom. The van der Waals surface area contributed by atoms with E-state index in [1.54, 1.807) is 11.2 Å². The van der Waals surface area contributed by atoms with Gasteiger partial charge in [-0.1, -0.05) is 0 Å². The Bertz CT molecular complexity index is 343. The van der Waals surface area contributed by atoms with Crippen LogP contribution in [-0.2, 0) is 10.0 Å². The lowest BCUT2D eigenvalue weighted by molar-refractivity contribution is 0.0798. The van der Waals surface area contributed by atoms with Crippen molar-refractivity contribution in [3.63, 3.8) is 0 Å². The minimum atomic E-state index is -3.23. The summed E-state index contributed by atoms with van der Waals surface area (Å²) in [6.45, 7) is 7.63. The zero-order chi connectivity index (χ0) is 12.6. The fraction of sp³-hybridized carbons (Fsp3) is 1.00. The predicted octanol–water partition coefficient (Wildman–Crippen LogP) is 0.969.